The smallest absolute Gasteiger partial charge is 1.00 e. The molecule has 0 aliphatic rings. The zero-order valence-corrected chi connectivity index (χ0v) is 8.60. The molecule has 0 nitrogen and oxygen atoms in total. The van der Waals surface area contributed by atoms with Crippen molar-refractivity contribution in [2.75, 3.05) is 0 Å². The predicted octanol–water partition coefficient (Wildman–Crippen LogP) is -1.07. The quantitative estimate of drug-likeness (QED) is 0.387. The minimum absolute atomic E-state index is 0. The number of hydrogen-bond acceptors (Lipinski definition) is 1. The number of hydrogen-bond donors (Lipinski definition) is 0. The summed E-state index contributed by atoms with van der Waals surface area (Å²) in [5.41, 5.74) is 0. The number of halogens is 2. The van der Waals surface area contributed by atoms with Gasteiger partial charge in [-0.25, -0.2) is 0 Å². The molecule has 40 valence electrons. The summed E-state index contributed by atoms with van der Waals surface area (Å²) in [6, 6.07) is 3.85. The Labute approximate surface area is 83.4 Å². The van der Waals surface area contributed by atoms with E-state index in [4.69, 9.17) is 0 Å². The Morgan fingerprint density at radius 2 is 2.25 bits per heavy atom. The van der Waals surface area contributed by atoms with Crippen LogP contribution in [0.2, 0.25) is 0 Å². The fraction of sp³-hybridized carbons (Fsp3) is 0. The Hall–Kier alpha value is 1.24. The van der Waals surface area contributed by atoms with Crippen molar-refractivity contribution in [3.63, 3.8) is 0 Å². The van der Waals surface area contributed by atoms with E-state index in [2.05, 4.69) is 21.3 Å². The van der Waals surface area contributed by atoms with Crippen LogP contribution in [0, 0.1) is 5.38 Å². The van der Waals surface area contributed by atoms with Crippen LogP contribution >= 0.6 is 27.3 Å². The van der Waals surface area contributed by atoms with Crippen molar-refractivity contribution in [1.29, 1.82) is 0 Å². The molecular formula is C4H2BrClMgS. The van der Waals surface area contributed by atoms with E-state index in [0.717, 1.165) is 3.79 Å². The third-order valence-electron chi connectivity index (χ3n) is 0.439. The van der Waals surface area contributed by atoms with Crippen LogP contribution in [0.5, 0.6) is 0 Å². The molecule has 1 aromatic rings. The molecule has 8 heavy (non-hydrogen) atoms. The van der Waals surface area contributed by atoms with Crippen LogP contribution in [0.3, 0.4) is 0 Å². The Kier molecular flexibility index (Phi) is 9.51. The largest absolute Gasteiger partial charge is 2.00 e. The average Bonchev–Trinajstić information content (AvgIpc) is 1.86. The van der Waals surface area contributed by atoms with Gasteiger partial charge in [0.1, 0.15) is 0 Å². The van der Waals surface area contributed by atoms with E-state index < -0.39 is 0 Å². The van der Waals surface area contributed by atoms with Gasteiger partial charge in [-0.3, -0.25) is 11.3 Å². The molecule has 0 fully saturated rings. The first-order valence-corrected chi connectivity index (χ1v) is 3.12. The zero-order valence-electron chi connectivity index (χ0n) is 4.03. The minimum Gasteiger partial charge on any atom is -1.00 e. The first kappa shape index (κ1) is 12.0. The second-order valence-electron chi connectivity index (χ2n) is 0.857. The molecule has 0 aromatic carbocycles. The molecule has 0 spiro atoms. The Morgan fingerprint density at radius 3 is 2.38 bits per heavy atom. The van der Waals surface area contributed by atoms with Gasteiger partial charge < -0.3 is 12.4 Å². The summed E-state index contributed by atoms with van der Waals surface area (Å²) in [7, 11) is 0. The van der Waals surface area contributed by atoms with E-state index in [1.165, 1.54) is 0 Å². The second kappa shape index (κ2) is 6.36. The van der Waals surface area contributed by atoms with Crippen molar-refractivity contribution in [2.24, 2.45) is 0 Å². The molecule has 0 aliphatic carbocycles. The number of rotatable bonds is 0. The van der Waals surface area contributed by atoms with Crippen LogP contribution in [0.15, 0.2) is 15.9 Å². The van der Waals surface area contributed by atoms with Gasteiger partial charge in [-0.15, -0.1) is 21.3 Å². The van der Waals surface area contributed by atoms with E-state index in [1.54, 1.807) is 11.3 Å². The van der Waals surface area contributed by atoms with Gasteiger partial charge in [0.2, 0.25) is 0 Å². The van der Waals surface area contributed by atoms with Gasteiger partial charge in [0, 0.05) is 0 Å². The maximum absolute atomic E-state index is 3.27. The third kappa shape index (κ3) is 4.15. The third-order valence-corrected chi connectivity index (χ3v) is 1.77. The molecule has 0 atom stereocenters. The minimum atomic E-state index is 0. The van der Waals surface area contributed by atoms with Crippen molar-refractivity contribution in [3.8, 4) is 0 Å². The van der Waals surface area contributed by atoms with Crippen LogP contribution < -0.4 is 12.4 Å². The average molecular weight is 222 g/mol. The van der Waals surface area contributed by atoms with Crippen LogP contribution in [0.1, 0.15) is 0 Å². The summed E-state index contributed by atoms with van der Waals surface area (Å²) in [6.07, 6.45) is 0. The molecule has 0 N–H and O–H groups in total. The van der Waals surface area contributed by atoms with Gasteiger partial charge in [0.15, 0.2) is 0 Å². The van der Waals surface area contributed by atoms with Crippen LogP contribution in [0.4, 0.5) is 0 Å². The Bertz CT molecular complexity index is 120. The molecule has 0 unspecified atom stereocenters. The van der Waals surface area contributed by atoms with Gasteiger partial charge in [-0.2, -0.15) is 12.1 Å². The van der Waals surface area contributed by atoms with Gasteiger partial charge in [0.05, 0.1) is 0 Å². The first-order chi connectivity index (χ1) is 2.89. The summed E-state index contributed by atoms with van der Waals surface area (Å²) in [4.78, 5) is 0. The Balaban J connectivity index is 0. The van der Waals surface area contributed by atoms with Gasteiger partial charge in [0.25, 0.3) is 0 Å². The summed E-state index contributed by atoms with van der Waals surface area (Å²) in [5, 5.41) is 2.92. The molecule has 0 saturated heterocycles. The van der Waals surface area contributed by atoms with Crippen molar-refractivity contribution in [2.45, 2.75) is 0 Å². The van der Waals surface area contributed by atoms with Crippen molar-refractivity contribution in [3.05, 3.63) is 21.3 Å². The molecule has 0 radical (unpaired) electrons. The van der Waals surface area contributed by atoms with Crippen molar-refractivity contribution in [1.82, 2.24) is 0 Å². The molecule has 0 saturated carbocycles. The van der Waals surface area contributed by atoms with Gasteiger partial charge in [-0.05, 0) is 0 Å². The molecular weight excluding hydrogens is 220 g/mol. The molecule has 4 heteroatoms. The van der Waals surface area contributed by atoms with Crippen LogP contribution in [-0.4, -0.2) is 23.1 Å². The standard InChI is InChI=1S/C4H2BrS.ClH.Mg/c5-4-2-1-3-6-4;;/h1-2H;1H;/q-1;;+2/p-1. The van der Waals surface area contributed by atoms with E-state index in [0.29, 0.717) is 0 Å². The molecule has 0 amide bonds. The van der Waals surface area contributed by atoms with E-state index in [1.807, 2.05) is 12.1 Å². The van der Waals surface area contributed by atoms with Crippen molar-refractivity contribution < 1.29 is 12.4 Å². The van der Waals surface area contributed by atoms with Gasteiger partial charge in [-0.1, -0.05) is 3.79 Å². The first-order valence-electron chi connectivity index (χ1n) is 1.51. The summed E-state index contributed by atoms with van der Waals surface area (Å²) in [6.45, 7) is 0. The van der Waals surface area contributed by atoms with E-state index in [-0.39, 0.29) is 35.5 Å². The summed E-state index contributed by atoms with van der Waals surface area (Å²) >= 11 is 4.84. The summed E-state index contributed by atoms with van der Waals surface area (Å²) in [5.74, 6) is 0. The van der Waals surface area contributed by atoms with Crippen molar-refractivity contribution >= 4 is 50.3 Å². The topological polar surface area (TPSA) is 0 Å². The van der Waals surface area contributed by atoms with E-state index in [9.17, 15) is 0 Å². The SMILES string of the molecule is Brc1cc[c-]s1.[Cl-].[Mg+2]. The molecule has 1 aromatic heterocycles. The Morgan fingerprint density at radius 1 is 1.62 bits per heavy atom. The summed E-state index contributed by atoms with van der Waals surface area (Å²) < 4.78 is 1.14. The molecule has 1 heterocycles. The monoisotopic (exact) mass is 220 g/mol. The maximum Gasteiger partial charge on any atom is 2.00 e. The predicted molar refractivity (Wildman–Crippen MR) is 36.6 cm³/mol. The molecule has 1 rings (SSSR count). The second-order valence-corrected chi connectivity index (χ2v) is 3.12. The zero-order chi connectivity index (χ0) is 4.41. The number of thiophene rings is 1. The molecule has 0 aliphatic heterocycles. The fourth-order valence-corrected chi connectivity index (χ4v) is 1.02. The molecule has 0 bridgehead atoms. The van der Waals surface area contributed by atoms with Gasteiger partial charge >= 0.3 is 23.1 Å². The van der Waals surface area contributed by atoms with E-state index >= 15 is 0 Å². The normalized spacial score (nSPS) is 6.62. The van der Waals surface area contributed by atoms with Crippen LogP contribution in [-0.2, 0) is 0 Å². The fourth-order valence-electron chi connectivity index (χ4n) is 0.224. The van der Waals surface area contributed by atoms with Crippen LogP contribution in [0.25, 0.3) is 0 Å². The maximum atomic E-state index is 3.27.